The molecule has 1 amide bonds. The second kappa shape index (κ2) is 6.20. The Morgan fingerprint density at radius 1 is 1.32 bits per heavy atom. The maximum Gasteiger partial charge on any atom is 0.251 e. The van der Waals surface area contributed by atoms with E-state index in [1.807, 2.05) is 6.07 Å². The molecule has 0 aliphatic heterocycles. The predicted octanol–water partition coefficient (Wildman–Crippen LogP) is 4.38. The van der Waals surface area contributed by atoms with Gasteiger partial charge in [-0.2, -0.15) is 4.98 Å². The number of aromatic nitrogens is 2. The first-order chi connectivity index (χ1) is 12.0. The van der Waals surface area contributed by atoms with Crippen LogP contribution in [0.5, 0.6) is 0 Å². The van der Waals surface area contributed by atoms with E-state index in [2.05, 4.69) is 15.5 Å². The van der Waals surface area contributed by atoms with Crippen molar-refractivity contribution >= 4 is 11.6 Å². The molecule has 1 aromatic heterocycles. The Labute approximate surface area is 143 Å². The van der Waals surface area contributed by atoms with Gasteiger partial charge in [0.05, 0.1) is 0 Å². The van der Waals surface area contributed by atoms with Crippen LogP contribution in [-0.2, 0) is 4.79 Å². The molecule has 1 aromatic carbocycles. The van der Waals surface area contributed by atoms with Crippen molar-refractivity contribution in [2.75, 3.05) is 5.32 Å². The standard InChI is InChI=1S/C18H19F2N3O2/c19-18(20)8-2-4-13(18)10-15(24)21-14-5-1-3-12(9-14)16-22-17(25-23-16)11-6-7-11/h1,3,5,9,11,13H,2,4,6-8,10H2,(H,21,24)/t13-/m1/s1. The Bertz CT molecular complexity index is 786. The first kappa shape index (κ1) is 16.2. The number of carbonyl (C=O) groups excluding carboxylic acids is 1. The summed E-state index contributed by atoms with van der Waals surface area (Å²) >= 11 is 0. The van der Waals surface area contributed by atoms with Crippen LogP contribution in [0.15, 0.2) is 28.8 Å². The third-order valence-corrected chi connectivity index (χ3v) is 4.86. The third-order valence-electron chi connectivity index (χ3n) is 4.86. The summed E-state index contributed by atoms with van der Waals surface area (Å²) in [5.41, 5.74) is 1.27. The molecule has 4 rings (SSSR count). The molecular formula is C18H19F2N3O2. The first-order valence-electron chi connectivity index (χ1n) is 8.63. The van der Waals surface area contributed by atoms with Crippen LogP contribution in [-0.4, -0.2) is 22.0 Å². The van der Waals surface area contributed by atoms with Crippen molar-refractivity contribution in [3.05, 3.63) is 30.2 Å². The summed E-state index contributed by atoms with van der Waals surface area (Å²) in [5.74, 6) is -2.50. The van der Waals surface area contributed by atoms with Crippen LogP contribution in [0, 0.1) is 5.92 Å². The smallest absolute Gasteiger partial charge is 0.251 e. The zero-order chi connectivity index (χ0) is 17.4. The Hall–Kier alpha value is -2.31. The lowest BCUT2D eigenvalue weighted by Gasteiger charge is -2.18. The maximum absolute atomic E-state index is 13.7. The number of carbonyl (C=O) groups is 1. The Balaban J connectivity index is 1.43. The number of amides is 1. The van der Waals surface area contributed by atoms with Crippen LogP contribution < -0.4 is 5.32 Å². The Morgan fingerprint density at radius 3 is 2.88 bits per heavy atom. The Morgan fingerprint density at radius 2 is 2.16 bits per heavy atom. The number of rotatable bonds is 5. The molecule has 25 heavy (non-hydrogen) atoms. The number of alkyl halides is 2. The molecule has 2 aliphatic carbocycles. The van der Waals surface area contributed by atoms with Crippen LogP contribution in [0.25, 0.3) is 11.4 Å². The average molecular weight is 347 g/mol. The van der Waals surface area contributed by atoms with Crippen molar-refractivity contribution in [1.82, 2.24) is 10.1 Å². The van der Waals surface area contributed by atoms with E-state index in [1.165, 1.54) is 0 Å². The second-order valence-corrected chi connectivity index (χ2v) is 6.91. The molecule has 1 heterocycles. The first-order valence-corrected chi connectivity index (χ1v) is 8.63. The van der Waals surface area contributed by atoms with Crippen LogP contribution in [0.3, 0.4) is 0 Å². The van der Waals surface area contributed by atoms with Gasteiger partial charge in [-0.25, -0.2) is 8.78 Å². The molecule has 1 atom stereocenters. The van der Waals surface area contributed by atoms with Crippen LogP contribution in [0.1, 0.15) is 50.3 Å². The van der Waals surface area contributed by atoms with E-state index in [0.29, 0.717) is 36.2 Å². The number of anilines is 1. The highest BCUT2D eigenvalue weighted by Crippen LogP contribution is 2.42. The van der Waals surface area contributed by atoms with Gasteiger partial charge in [-0.05, 0) is 37.8 Å². The number of nitrogens with one attached hydrogen (secondary N) is 1. The average Bonchev–Trinajstić information content (AvgIpc) is 3.21. The van der Waals surface area contributed by atoms with Gasteiger partial charge in [0, 0.05) is 35.9 Å². The van der Waals surface area contributed by atoms with Gasteiger partial charge in [0.1, 0.15) is 0 Å². The summed E-state index contributed by atoms with van der Waals surface area (Å²) in [6, 6.07) is 7.03. The van der Waals surface area contributed by atoms with Gasteiger partial charge < -0.3 is 9.84 Å². The van der Waals surface area contributed by atoms with Crippen LogP contribution >= 0.6 is 0 Å². The monoisotopic (exact) mass is 347 g/mol. The van der Waals surface area contributed by atoms with Crippen LogP contribution in [0.2, 0.25) is 0 Å². The molecule has 0 bridgehead atoms. The SMILES string of the molecule is O=C(C[C@H]1CCCC1(F)F)Nc1cccc(-c2noc(C3CC3)n2)c1. The number of benzene rings is 1. The number of hydrogen-bond acceptors (Lipinski definition) is 4. The summed E-state index contributed by atoms with van der Waals surface area (Å²) in [5, 5.41) is 6.67. The zero-order valence-corrected chi connectivity index (χ0v) is 13.7. The molecule has 2 aromatic rings. The van der Waals surface area contributed by atoms with Crippen molar-refractivity contribution in [1.29, 1.82) is 0 Å². The van der Waals surface area contributed by atoms with Crippen molar-refractivity contribution in [2.45, 2.75) is 50.4 Å². The molecule has 132 valence electrons. The summed E-state index contributed by atoms with van der Waals surface area (Å²) in [6.45, 7) is 0. The van der Waals surface area contributed by atoms with E-state index >= 15 is 0 Å². The maximum atomic E-state index is 13.7. The van der Waals surface area contributed by atoms with E-state index in [-0.39, 0.29) is 12.8 Å². The summed E-state index contributed by atoms with van der Waals surface area (Å²) in [7, 11) is 0. The molecule has 2 aliphatic rings. The molecular weight excluding hydrogens is 328 g/mol. The fourth-order valence-corrected chi connectivity index (χ4v) is 3.27. The molecule has 5 nitrogen and oxygen atoms in total. The van der Waals surface area contributed by atoms with Gasteiger partial charge in [-0.3, -0.25) is 4.79 Å². The van der Waals surface area contributed by atoms with E-state index in [9.17, 15) is 13.6 Å². The summed E-state index contributed by atoms with van der Waals surface area (Å²) < 4.78 is 32.6. The third kappa shape index (κ3) is 3.55. The largest absolute Gasteiger partial charge is 0.339 e. The summed E-state index contributed by atoms with van der Waals surface area (Å²) in [4.78, 5) is 16.5. The highest BCUT2D eigenvalue weighted by atomic mass is 19.3. The van der Waals surface area contributed by atoms with E-state index < -0.39 is 17.7 Å². The summed E-state index contributed by atoms with van der Waals surface area (Å²) in [6.07, 6.45) is 2.73. The van der Waals surface area contributed by atoms with Crippen molar-refractivity contribution in [3.63, 3.8) is 0 Å². The highest BCUT2D eigenvalue weighted by Gasteiger charge is 2.44. The van der Waals surface area contributed by atoms with Gasteiger partial charge in [0.2, 0.25) is 17.6 Å². The number of hydrogen-bond donors (Lipinski definition) is 1. The minimum Gasteiger partial charge on any atom is -0.339 e. The molecule has 0 radical (unpaired) electrons. The highest BCUT2D eigenvalue weighted by molar-refractivity contribution is 5.91. The van der Waals surface area contributed by atoms with E-state index in [1.54, 1.807) is 18.2 Å². The molecule has 0 spiro atoms. The quantitative estimate of drug-likeness (QED) is 0.872. The molecule has 2 saturated carbocycles. The molecule has 0 unspecified atom stereocenters. The van der Waals surface area contributed by atoms with Crippen molar-refractivity contribution in [2.24, 2.45) is 5.92 Å². The predicted molar refractivity (Wildman–Crippen MR) is 87.2 cm³/mol. The lowest BCUT2D eigenvalue weighted by molar-refractivity contribution is -0.120. The van der Waals surface area contributed by atoms with Gasteiger partial charge in [-0.1, -0.05) is 17.3 Å². The van der Waals surface area contributed by atoms with Crippen molar-refractivity contribution in [3.8, 4) is 11.4 Å². The molecule has 2 fully saturated rings. The molecule has 1 N–H and O–H groups in total. The fourth-order valence-electron chi connectivity index (χ4n) is 3.27. The lowest BCUT2D eigenvalue weighted by Crippen LogP contribution is -2.26. The van der Waals surface area contributed by atoms with E-state index in [0.717, 1.165) is 18.4 Å². The molecule has 0 saturated heterocycles. The zero-order valence-electron chi connectivity index (χ0n) is 13.7. The Kier molecular flexibility index (Phi) is 4.01. The number of halogens is 2. The molecule has 7 heteroatoms. The second-order valence-electron chi connectivity index (χ2n) is 6.91. The normalized spacial score (nSPS) is 22.1. The fraction of sp³-hybridized carbons (Fsp3) is 0.500. The van der Waals surface area contributed by atoms with E-state index in [4.69, 9.17) is 4.52 Å². The topological polar surface area (TPSA) is 68.0 Å². The minimum absolute atomic E-state index is 0.123. The minimum atomic E-state index is -2.73. The van der Waals surface area contributed by atoms with Crippen LogP contribution in [0.4, 0.5) is 14.5 Å². The van der Waals surface area contributed by atoms with Gasteiger partial charge >= 0.3 is 0 Å². The van der Waals surface area contributed by atoms with Crippen molar-refractivity contribution < 1.29 is 18.1 Å². The van der Waals surface area contributed by atoms with Gasteiger partial charge in [0.25, 0.3) is 5.92 Å². The van der Waals surface area contributed by atoms with Gasteiger partial charge in [0.15, 0.2) is 0 Å². The van der Waals surface area contributed by atoms with Gasteiger partial charge in [-0.15, -0.1) is 0 Å². The number of nitrogens with zero attached hydrogens (tertiary/aromatic N) is 2. The lowest BCUT2D eigenvalue weighted by atomic mass is 10.0.